The van der Waals surface area contributed by atoms with E-state index in [0.717, 1.165) is 60.5 Å². The van der Waals surface area contributed by atoms with Crippen molar-refractivity contribution >= 4 is 11.8 Å². The monoisotopic (exact) mass is 390 g/mol. The van der Waals surface area contributed by atoms with Gasteiger partial charge in [-0.15, -0.1) is 0 Å². The standard InChI is InChI=1S/C20H30N4O2S/c1-16-11-21-20(22-16)14-23(2)12-17-5-3-4-6-19(17)26-15-18(25)13-24-7-9-27-10-8-24/h3-6,11,18,25H,7-10,12-15H2,1-2H3,(H,21,22)/t18-/m1/s1. The fourth-order valence-electron chi connectivity index (χ4n) is 3.25. The van der Waals surface area contributed by atoms with Crippen LogP contribution in [0.2, 0.25) is 0 Å². The lowest BCUT2D eigenvalue weighted by atomic mass is 10.2. The summed E-state index contributed by atoms with van der Waals surface area (Å²) in [5.74, 6) is 4.10. The zero-order chi connectivity index (χ0) is 19.1. The lowest BCUT2D eigenvalue weighted by Crippen LogP contribution is -2.40. The van der Waals surface area contributed by atoms with Crippen LogP contribution in [0.5, 0.6) is 5.75 Å². The van der Waals surface area contributed by atoms with Gasteiger partial charge in [0.2, 0.25) is 0 Å². The molecule has 1 aliphatic rings. The second-order valence-electron chi connectivity index (χ2n) is 7.17. The van der Waals surface area contributed by atoms with Gasteiger partial charge in [-0.25, -0.2) is 4.98 Å². The zero-order valence-electron chi connectivity index (χ0n) is 16.2. The molecule has 6 nitrogen and oxygen atoms in total. The number of rotatable bonds is 9. The maximum absolute atomic E-state index is 10.3. The van der Waals surface area contributed by atoms with Crippen LogP contribution in [0.3, 0.4) is 0 Å². The topological polar surface area (TPSA) is 64.6 Å². The molecule has 0 amide bonds. The Balaban J connectivity index is 1.50. The summed E-state index contributed by atoms with van der Waals surface area (Å²) >= 11 is 1.98. The molecule has 7 heteroatoms. The molecule has 2 heterocycles. The highest BCUT2D eigenvalue weighted by Gasteiger charge is 2.16. The van der Waals surface area contributed by atoms with Gasteiger partial charge in [0, 0.05) is 55.1 Å². The minimum atomic E-state index is -0.468. The molecule has 1 aromatic heterocycles. The molecule has 0 bridgehead atoms. The quantitative estimate of drug-likeness (QED) is 0.684. The number of aryl methyl sites for hydroxylation is 1. The number of nitrogens with one attached hydrogen (secondary N) is 1. The summed E-state index contributed by atoms with van der Waals surface area (Å²) in [5.41, 5.74) is 2.19. The third-order valence-corrected chi connectivity index (χ3v) is 5.53. The minimum absolute atomic E-state index is 0.321. The van der Waals surface area contributed by atoms with Gasteiger partial charge < -0.3 is 14.8 Å². The minimum Gasteiger partial charge on any atom is -0.491 e. The van der Waals surface area contributed by atoms with Crippen molar-refractivity contribution in [3.8, 4) is 5.75 Å². The fraction of sp³-hybridized carbons (Fsp3) is 0.550. The lowest BCUT2D eigenvalue weighted by Gasteiger charge is -2.28. The van der Waals surface area contributed by atoms with Gasteiger partial charge in [-0.2, -0.15) is 11.8 Å². The van der Waals surface area contributed by atoms with E-state index in [9.17, 15) is 5.11 Å². The normalized spacial score (nSPS) is 16.6. The number of aromatic nitrogens is 2. The Labute approximate surface area is 165 Å². The molecule has 0 saturated carbocycles. The van der Waals surface area contributed by atoms with Crippen LogP contribution >= 0.6 is 11.8 Å². The molecule has 0 unspecified atom stereocenters. The summed E-state index contributed by atoms with van der Waals surface area (Å²) in [7, 11) is 2.07. The van der Waals surface area contributed by atoms with Gasteiger partial charge in [-0.3, -0.25) is 9.80 Å². The van der Waals surface area contributed by atoms with Crippen molar-refractivity contribution in [3.63, 3.8) is 0 Å². The molecule has 148 valence electrons. The molecule has 0 radical (unpaired) electrons. The molecular weight excluding hydrogens is 360 g/mol. The van der Waals surface area contributed by atoms with E-state index in [0.29, 0.717) is 13.2 Å². The number of hydrogen-bond donors (Lipinski definition) is 2. The number of imidazole rings is 1. The lowest BCUT2D eigenvalue weighted by molar-refractivity contribution is 0.0709. The third kappa shape index (κ3) is 6.53. The molecule has 1 fully saturated rings. The summed E-state index contributed by atoms with van der Waals surface area (Å²) < 4.78 is 5.96. The average Bonchev–Trinajstić information content (AvgIpc) is 3.06. The summed E-state index contributed by atoms with van der Waals surface area (Å²) in [6.07, 6.45) is 1.38. The number of ether oxygens (including phenoxy) is 1. The van der Waals surface area contributed by atoms with Gasteiger partial charge in [-0.05, 0) is 20.0 Å². The van der Waals surface area contributed by atoms with E-state index in [4.69, 9.17) is 4.74 Å². The van der Waals surface area contributed by atoms with Crippen molar-refractivity contribution in [1.82, 2.24) is 19.8 Å². The average molecular weight is 391 g/mol. The Bertz CT molecular complexity index is 703. The molecule has 0 aliphatic carbocycles. The predicted molar refractivity (Wildman–Crippen MR) is 110 cm³/mol. The summed E-state index contributed by atoms with van der Waals surface area (Å²) in [4.78, 5) is 12.1. The van der Waals surface area contributed by atoms with Crippen LogP contribution in [0.4, 0.5) is 0 Å². The van der Waals surface area contributed by atoms with Crippen molar-refractivity contribution in [2.45, 2.75) is 26.1 Å². The van der Waals surface area contributed by atoms with Gasteiger partial charge >= 0.3 is 0 Å². The molecule has 27 heavy (non-hydrogen) atoms. The number of aliphatic hydroxyl groups is 1. The highest BCUT2D eigenvalue weighted by molar-refractivity contribution is 7.99. The predicted octanol–water partition coefficient (Wildman–Crippen LogP) is 2.14. The van der Waals surface area contributed by atoms with Crippen LogP contribution in [-0.2, 0) is 13.1 Å². The van der Waals surface area contributed by atoms with Gasteiger partial charge in [0.15, 0.2) is 0 Å². The Morgan fingerprint density at radius 1 is 1.30 bits per heavy atom. The van der Waals surface area contributed by atoms with Crippen LogP contribution < -0.4 is 4.74 Å². The van der Waals surface area contributed by atoms with E-state index >= 15 is 0 Å². The second-order valence-corrected chi connectivity index (χ2v) is 8.40. The molecule has 1 atom stereocenters. The van der Waals surface area contributed by atoms with Crippen LogP contribution in [-0.4, -0.2) is 75.8 Å². The number of H-pyrrole nitrogens is 1. The van der Waals surface area contributed by atoms with Gasteiger partial charge in [0.25, 0.3) is 0 Å². The Hall–Kier alpha value is -1.54. The number of benzene rings is 1. The number of thioether (sulfide) groups is 1. The number of β-amino-alcohol motifs (C(OH)–C–C–N with tert-alkyl or cyclic N) is 1. The molecule has 1 aliphatic heterocycles. The Kier molecular flexibility index (Phi) is 7.58. The van der Waals surface area contributed by atoms with Crippen molar-refractivity contribution in [1.29, 1.82) is 0 Å². The molecule has 2 aromatic rings. The summed E-state index contributed by atoms with van der Waals surface area (Å²) in [6, 6.07) is 8.05. The SMILES string of the molecule is Cc1cnc(CN(C)Cc2ccccc2OC[C@H](O)CN2CCSCC2)[nH]1. The first-order valence-electron chi connectivity index (χ1n) is 9.48. The van der Waals surface area contributed by atoms with E-state index in [2.05, 4.69) is 32.9 Å². The summed E-state index contributed by atoms with van der Waals surface area (Å²) in [6.45, 7) is 6.62. The first kappa shape index (κ1) is 20.2. The smallest absolute Gasteiger partial charge is 0.123 e. The van der Waals surface area contributed by atoms with Crippen LogP contribution in [0.25, 0.3) is 0 Å². The maximum atomic E-state index is 10.3. The highest BCUT2D eigenvalue weighted by atomic mass is 32.2. The molecule has 2 N–H and O–H groups in total. The van der Waals surface area contributed by atoms with Gasteiger partial charge in [0.1, 0.15) is 24.3 Å². The Morgan fingerprint density at radius 3 is 2.81 bits per heavy atom. The maximum Gasteiger partial charge on any atom is 0.123 e. The van der Waals surface area contributed by atoms with Crippen molar-refractivity contribution in [3.05, 3.63) is 47.5 Å². The highest BCUT2D eigenvalue weighted by Crippen LogP contribution is 2.20. The molecule has 1 aromatic carbocycles. The number of aromatic amines is 1. The number of aliphatic hydroxyl groups excluding tert-OH is 1. The van der Waals surface area contributed by atoms with E-state index < -0.39 is 6.10 Å². The van der Waals surface area contributed by atoms with Crippen LogP contribution in [0.1, 0.15) is 17.1 Å². The van der Waals surface area contributed by atoms with E-state index in [1.54, 1.807) is 0 Å². The van der Waals surface area contributed by atoms with Crippen molar-refractivity contribution in [2.24, 2.45) is 0 Å². The molecular formula is C20H30N4O2S. The Morgan fingerprint density at radius 2 is 2.07 bits per heavy atom. The fourth-order valence-corrected chi connectivity index (χ4v) is 4.22. The van der Waals surface area contributed by atoms with Gasteiger partial charge in [-0.1, -0.05) is 18.2 Å². The number of para-hydroxylation sites is 1. The van der Waals surface area contributed by atoms with Crippen LogP contribution in [0, 0.1) is 6.92 Å². The van der Waals surface area contributed by atoms with E-state index in [1.165, 1.54) is 0 Å². The summed E-state index contributed by atoms with van der Waals surface area (Å²) in [5, 5.41) is 10.3. The second kappa shape index (κ2) is 10.1. The molecule has 0 spiro atoms. The first-order chi connectivity index (χ1) is 13.1. The first-order valence-corrected chi connectivity index (χ1v) is 10.6. The molecule has 1 saturated heterocycles. The van der Waals surface area contributed by atoms with Gasteiger partial charge in [0.05, 0.1) is 6.54 Å². The van der Waals surface area contributed by atoms with E-state index in [1.807, 2.05) is 43.1 Å². The largest absolute Gasteiger partial charge is 0.491 e. The molecule has 3 rings (SSSR count). The van der Waals surface area contributed by atoms with Crippen molar-refractivity contribution in [2.75, 3.05) is 44.8 Å². The van der Waals surface area contributed by atoms with Crippen LogP contribution in [0.15, 0.2) is 30.5 Å². The zero-order valence-corrected chi connectivity index (χ0v) is 17.0. The number of nitrogens with zero attached hydrogens (tertiary/aromatic N) is 3. The van der Waals surface area contributed by atoms with Crippen molar-refractivity contribution < 1.29 is 9.84 Å². The van der Waals surface area contributed by atoms with E-state index in [-0.39, 0.29) is 0 Å². The third-order valence-electron chi connectivity index (χ3n) is 4.59. The number of hydrogen-bond acceptors (Lipinski definition) is 6.